The Morgan fingerprint density at radius 1 is 1.55 bits per heavy atom. The van der Waals surface area contributed by atoms with Gasteiger partial charge in [-0.2, -0.15) is 0 Å². The molecule has 0 aliphatic heterocycles. The molecule has 0 spiro atoms. The predicted molar refractivity (Wildman–Crippen MR) is 80.8 cm³/mol. The molecule has 1 amide bonds. The van der Waals surface area contributed by atoms with Crippen LogP contribution in [0.25, 0.3) is 0 Å². The van der Waals surface area contributed by atoms with Gasteiger partial charge in [0.2, 0.25) is 5.91 Å². The maximum Gasteiger partial charge on any atom is 0.220 e. The molecule has 0 radical (unpaired) electrons. The number of nitrogens with one attached hydrogen (secondary N) is 1. The van der Waals surface area contributed by atoms with Crippen molar-refractivity contribution in [1.29, 1.82) is 0 Å². The lowest BCUT2D eigenvalue weighted by molar-refractivity contribution is -0.182. The van der Waals surface area contributed by atoms with Crippen LogP contribution in [0.5, 0.6) is 0 Å². The monoisotopic (exact) mass is 296 g/mol. The van der Waals surface area contributed by atoms with Crippen molar-refractivity contribution in [2.45, 2.75) is 58.1 Å². The summed E-state index contributed by atoms with van der Waals surface area (Å²) in [5, 5.41) is 6.22. The quantitative estimate of drug-likeness (QED) is 0.878. The van der Waals surface area contributed by atoms with E-state index < -0.39 is 0 Å². The van der Waals surface area contributed by atoms with E-state index in [2.05, 4.69) is 31.1 Å². The van der Waals surface area contributed by atoms with Gasteiger partial charge < -0.3 is 10.1 Å². The van der Waals surface area contributed by atoms with Gasteiger partial charge in [-0.05, 0) is 26.2 Å². The predicted octanol–water partition coefficient (Wildman–Crippen LogP) is 2.79. The first-order chi connectivity index (χ1) is 9.39. The van der Waals surface area contributed by atoms with Gasteiger partial charge >= 0.3 is 0 Å². The van der Waals surface area contributed by atoms with Gasteiger partial charge in [0.25, 0.3) is 0 Å². The fraction of sp³-hybridized carbons (Fsp3) is 0.733. The first-order valence-corrected chi connectivity index (χ1v) is 8.00. The number of aromatic nitrogens is 1. The molecule has 5 heteroatoms. The fourth-order valence-corrected chi connectivity index (χ4v) is 3.43. The Balaban J connectivity index is 1.73. The third kappa shape index (κ3) is 2.88. The van der Waals surface area contributed by atoms with Crippen molar-refractivity contribution in [3.05, 3.63) is 16.6 Å². The van der Waals surface area contributed by atoms with Gasteiger partial charge in [-0.1, -0.05) is 13.8 Å². The highest BCUT2D eigenvalue weighted by molar-refractivity contribution is 7.09. The minimum atomic E-state index is -0.133. The van der Waals surface area contributed by atoms with Crippen molar-refractivity contribution < 1.29 is 9.53 Å². The summed E-state index contributed by atoms with van der Waals surface area (Å²) in [7, 11) is 1.74. The highest BCUT2D eigenvalue weighted by Crippen LogP contribution is 2.51. The van der Waals surface area contributed by atoms with Crippen LogP contribution in [0.1, 0.15) is 45.0 Å². The molecule has 1 N–H and O–H groups in total. The number of nitrogens with zero attached hydrogens (tertiary/aromatic N) is 1. The summed E-state index contributed by atoms with van der Waals surface area (Å²) in [5.41, 5.74) is -0.154. The lowest BCUT2D eigenvalue weighted by Crippen LogP contribution is -2.68. The number of hydrogen-bond acceptors (Lipinski definition) is 4. The summed E-state index contributed by atoms with van der Waals surface area (Å²) in [5.74, 6) is 0.137. The van der Waals surface area contributed by atoms with Crippen molar-refractivity contribution in [2.24, 2.45) is 5.41 Å². The molecule has 0 saturated heterocycles. The lowest BCUT2D eigenvalue weighted by Gasteiger charge is -2.59. The maximum atomic E-state index is 12.0. The molecule has 2 atom stereocenters. The molecular weight excluding hydrogens is 272 g/mol. The Morgan fingerprint density at radius 2 is 2.30 bits per heavy atom. The van der Waals surface area contributed by atoms with Crippen molar-refractivity contribution in [3.8, 4) is 0 Å². The summed E-state index contributed by atoms with van der Waals surface area (Å²) in [6.07, 6.45) is 5.00. The van der Waals surface area contributed by atoms with Gasteiger partial charge in [-0.15, -0.1) is 11.3 Å². The zero-order valence-corrected chi connectivity index (χ0v) is 13.5. The fourth-order valence-electron chi connectivity index (χ4n) is 2.77. The molecule has 1 aliphatic rings. The summed E-state index contributed by atoms with van der Waals surface area (Å²) in [4.78, 5) is 16.2. The van der Waals surface area contributed by atoms with Crippen molar-refractivity contribution in [3.63, 3.8) is 0 Å². The number of hydrogen-bond donors (Lipinski definition) is 1. The molecule has 1 saturated carbocycles. The molecule has 2 rings (SSSR count). The molecule has 4 nitrogen and oxygen atoms in total. The van der Waals surface area contributed by atoms with Crippen LogP contribution in [0, 0.1) is 5.41 Å². The van der Waals surface area contributed by atoms with Crippen molar-refractivity contribution in [2.75, 3.05) is 7.11 Å². The minimum Gasteiger partial charge on any atom is -0.378 e. The van der Waals surface area contributed by atoms with Crippen LogP contribution in [-0.2, 0) is 16.0 Å². The summed E-state index contributed by atoms with van der Waals surface area (Å²) < 4.78 is 5.57. The molecular formula is C15H24N2O2S. The summed E-state index contributed by atoms with van der Waals surface area (Å²) in [6, 6.07) is 0.208. The average Bonchev–Trinajstić information content (AvgIpc) is 2.91. The van der Waals surface area contributed by atoms with Crippen LogP contribution in [0.15, 0.2) is 11.6 Å². The van der Waals surface area contributed by atoms with E-state index in [0.717, 1.165) is 24.3 Å². The first kappa shape index (κ1) is 15.4. The molecule has 112 valence electrons. The SMILES string of the molecule is COC1(C)CC(NC(=O)CCCc2nccs2)C1(C)C. The van der Waals surface area contributed by atoms with Gasteiger partial charge in [-0.25, -0.2) is 4.98 Å². The molecule has 0 aromatic carbocycles. The lowest BCUT2D eigenvalue weighted by atomic mass is 9.56. The third-order valence-electron chi connectivity index (χ3n) is 4.89. The zero-order valence-electron chi connectivity index (χ0n) is 12.7. The van der Waals surface area contributed by atoms with Gasteiger partial charge in [0.05, 0.1) is 10.6 Å². The highest BCUT2D eigenvalue weighted by atomic mass is 32.1. The second kappa shape index (κ2) is 5.82. The van der Waals surface area contributed by atoms with Gasteiger partial charge in [0, 0.05) is 36.6 Å². The van der Waals surface area contributed by atoms with E-state index in [1.54, 1.807) is 18.4 Å². The summed E-state index contributed by atoms with van der Waals surface area (Å²) in [6.45, 7) is 6.42. The van der Waals surface area contributed by atoms with E-state index in [1.807, 2.05) is 11.6 Å². The van der Waals surface area contributed by atoms with Gasteiger partial charge in [0.1, 0.15) is 0 Å². The van der Waals surface area contributed by atoms with Crippen molar-refractivity contribution in [1.82, 2.24) is 10.3 Å². The van der Waals surface area contributed by atoms with E-state index in [9.17, 15) is 4.79 Å². The Labute approximate surface area is 124 Å². The molecule has 1 aromatic rings. The Morgan fingerprint density at radius 3 is 2.85 bits per heavy atom. The van der Waals surface area contributed by atoms with Crippen LogP contribution < -0.4 is 5.32 Å². The maximum absolute atomic E-state index is 12.0. The minimum absolute atomic E-state index is 0.0211. The second-order valence-electron chi connectivity index (χ2n) is 6.26. The number of methoxy groups -OCH3 is 1. The summed E-state index contributed by atoms with van der Waals surface area (Å²) >= 11 is 1.65. The normalized spacial score (nSPS) is 27.9. The van der Waals surface area contributed by atoms with Crippen molar-refractivity contribution >= 4 is 17.2 Å². The molecule has 20 heavy (non-hydrogen) atoms. The molecule has 0 bridgehead atoms. The number of thiazole rings is 1. The molecule has 1 heterocycles. The van der Waals surface area contributed by atoms with E-state index >= 15 is 0 Å². The number of rotatable bonds is 6. The van der Waals surface area contributed by atoms with Crippen LogP contribution in [-0.4, -0.2) is 29.6 Å². The number of carbonyl (C=O) groups is 1. The van der Waals surface area contributed by atoms with Crippen LogP contribution in [0.2, 0.25) is 0 Å². The first-order valence-electron chi connectivity index (χ1n) is 7.12. The smallest absolute Gasteiger partial charge is 0.220 e. The highest BCUT2D eigenvalue weighted by Gasteiger charge is 2.58. The largest absolute Gasteiger partial charge is 0.378 e. The zero-order chi connectivity index (χ0) is 14.8. The third-order valence-corrected chi connectivity index (χ3v) is 5.73. The number of ether oxygens (including phenoxy) is 1. The molecule has 2 unspecified atom stereocenters. The van der Waals surface area contributed by atoms with E-state index in [0.29, 0.717) is 6.42 Å². The van der Waals surface area contributed by atoms with Gasteiger partial charge in [0.15, 0.2) is 0 Å². The Hall–Kier alpha value is -0.940. The standard InChI is InChI=1S/C15H24N2O2S/c1-14(2)11(10-15(14,3)19-4)17-12(18)6-5-7-13-16-8-9-20-13/h8-9,11H,5-7,10H2,1-4H3,(H,17,18). The average molecular weight is 296 g/mol. The van der Waals surface area contributed by atoms with E-state index in [4.69, 9.17) is 4.74 Å². The van der Waals surface area contributed by atoms with Crippen LogP contribution in [0.3, 0.4) is 0 Å². The molecule has 1 aliphatic carbocycles. The van der Waals surface area contributed by atoms with Gasteiger partial charge in [-0.3, -0.25) is 4.79 Å². The number of carbonyl (C=O) groups excluding carboxylic acids is 1. The Bertz CT molecular complexity index is 458. The van der Waals surface area contributed by atoms with Crippen LogP contribution >= 0.6 is 11.3 Å². The van der Waals surface area contributed by atoms with E-state index in [1.165, 1.54) is 0 Å². The second-order valence-corrected chi connectivity index (χ2v) is 7.24. The molecule has 1 fully saturated rings. The molecule has 1 aromatic heterocycles. The topological polar surface area (TPSA) is 51.2 Å². The number of amides is 1. The van der Waals surface area contributed by atoms with E-state index in [-0.39, 0.29) is 23.0 Å². The van der Waals surface area contributed by atoms with Crippen LogP contribution in [0.4, 0.5) is 0 Å². The Kier molecular flexibility index (Phi) is 4.49. The number of aryl methyl sites for hydroxylation is 1.